The average Bonchev–Trinajstić information content (AvgIpc) is 3.74. The molecular weight excluding hydrogens is 1110 g/mol. The number of hydrogen-bond donors (Lipinski definition) is 3. The predicted molar refractivity (Wildman–Crippen MR) is 402 cm³/mol. The summed E-state index contributed by atoms with van der Waals surface area (Å²) in [4.78, 5) is 24.7. The number of hydrogen-bond acceptors (Lipinski definition) is 5. The summed E-state index contributed by atoms with van der Waals surface area (Å²) in [5.74, 6) is -0.0522. The van der Waals surface area contributed by atoms with E-state index in [1.165, 1.54) is 360 Å². The van der Waals surface area contributed by atoms with Gasteiger partial charge in [-0.1, -0.05) is 396 Å². The highest BCUT2D eigenvalue weighted by Crippen LogP contribution is 2.19. The summed E-state index contributed by atoms with van der Waals surface area (Å²) in [6, 6.07) is -0.628. The number of carbonyl (C=O) groups is 2. The number of unbranched alkanes of at least 4 members (excludes halogenated alkanes) is 58. The lowest BCUT2D eigenvalue weighted by Gasteiger charge is -2.20. The van der Waals surface area contributed by atoms with Crippen molar-refractivity contribution in [3.8, 4) is 0 Å². The van der Waals surface area contributed by atoms with Gasteiger partial charge in [0.2, 0.25) is 5.91 Å². The van der Waals surface area contributed by atoms with Crippen LogP contribution < -0.4 is 5.32 Å². The number of esters is 1. The van der Waals surface area contributed by atoms with Crippen molar-refractivity contribution in [3.05, 3.63) is 60.8 Å². The van der Waals surface area contributed by atoms with E-state index in [9.17, 15) is 19.8 Å². The molecule has 0 spiro atoms. The number of amides is 1. The van der Waals surface area contributed by atoms with E-state index >= 15 is 0 Å². The van der Waals surface area contributed by atoms with Crippen LogP contribution in [0.25, 0.3) is 0 Å². The maximum atomic E-state index is 12.5. The van der Waals surface area contributed by atoms with E-state index in [0.717, 1.165) is 57.8 Å². The molecule has 2 atom stereocenters. The van der Waals surface area contributed by atoms with Crippen molar-refractivity contribution in [2.75, 3.05) is 13.2 Å². The summed E-state index contributed by atoms with van der Waals surface area (Å²) in [5.41, 5.74) is 0. The van der Waals surface area contributed by atoms with E-state index in [0.29, 0.717) is 19.4 Å². The number of aliphatic hydroxyl groups excluding tert-OH is 2. The molecule has 0 aliphatic heterocycles. The molecule has 0 radical (unpaired) electrons. The number of nitrogens with one attached hydrogen (secondary N) is 1. The Balaban J connectivity index is 3.39. The quantitative estimate of drug-likeness (QED) is 0.0320. The molecule has 6 heteroatoms. The van der Waals surface area contributed by atoms with Gasteiger partial charge in [0.15, 0.2) is 0 Å². The van der Waals surface area contributed by atoms with Crippen LogP contribution in [-0.4, -0.2) is 47.4 Å². The van der Waals surface area contributed by atoms with Crippen LogP contribution in [0.2, 0.25) is 0 Å². The Morgan fingerprint density at radius 3 is 0.846 bits per heavy atom. The zero-order chi connectivity index (χ0) is 65.6. The predicted octanol–water partition coefficient (Wildman–Crippen LogP) is 27.3. The van der Waals surface area contributed by atoms with Gasteiger partial charge in [-0.2, -0.15) is 0 Å². The van der Waals surface area contributed by atoms with Gasteiger partial charge in [0.05, 0.1) is 25.4 Å². The van der Waals surface area contributed by atoms with Crippen LogP contribution in [0.4, 0.5) is 0 Å². The van der Waals surface area contributed by atoms with E-state index in [-0.39, 0.29) is 18.5 Å². The van der Waals surface area contributed by atoms with Crippen LogP contribution in [-0.2, 0) is 14.3 Å². The third-order valence-electron chi connectivity index (χ3n) is 19.0. The minimum atomic E-state index is -0.845. The Labute approximate surface area is 569 Å². The lowest BCUT2D eigenvalue weighted by Crippen LogP contribution is -2.45. The zero-order valence-electron chi connectivity index (χ0n) is 61.3. The summed E-state index contributed by atoms with van der Waals surface area (Å²) >= 11 is 0. The normalized spacial score (nSPS) is 12.8. The van der Waals surface area contributed by atoms with Crippen molar-refractivity contribution in [1.82, 2.24) is 5.32 Å². The molecule has 534 valence electrons. The smallest absolute Gasteiger partial charge is 0.305 e. The van der Waals surface area contributed by atoms with Gasteiger partial charge >= 0.3 is 5.97 Å². The van der Waals surface area contributed by atoms with Crippen molar-refractivity contribution in [2.24, 2.45) is 0 Å². The molecule has 0 fully saturated rings. The highest BCUT2D eigenvalue weighted by atomic mass is 16.5. The molecule has 1 amide bonds. The number of ether oxygens (including phenoxy) is 1. The monoisotopic (exact) mass is 1270 g/mol. The molecule has 3 N–H and O–H groups in total. The molecule has 0 aliphatic rings. The maximum Gasteiger partial charge on any atom is 0.305 e. The van der Waals surface area contributed by atoms with E-state index in [1.54, 1.807) is 6.08 Å². The average molecular weight is 1280 g/mol. The van der Waals surface area contributed by atoms with Crippen molar-refractivity contribution in [2.45, 2.75) is 456 Å². The van der Waals surface area contributed by atoms with E-state index in [4.69, 9.17) is 4.74 Å². The fraction of sp³-hybridized carbons (Fsp3) is 0.859. The summed E-state index contributed by atoms with van der Waals surface area (Å²) in [7, 11) is 0. The fourth-order valence-corrected chi connectivity index (χ4v) is 12.8. The van der Waals surface area contributed by atoms with Gasteiger partial charge in [-0.3, -0.25) is 9.59 Å². The molecule has 2 unspecified atom stereocenters. The van der Waals surface area contributed by atoms with Gasteiger partial charge in [-0.25, -0.2) is 0 Å². The van der Waals surface area contributed by atoms with E-state index < -0.39 is 12.1 Å². The summed E-state index contributed by atoms with van der Waals surface area (Å²) in [6.45, 7) is 4.92. The third-order valence-corrected chi connectivity index (χ3v) is 19.0. The molecule has 0 heterocycles. The Bertz CT molecular complexity index is 1570. The SMILES string of the molecule is CCCCCC/C=C\C/C=C\CCCCCCCCCC(=O)OCCCCCCCCCCCCC/C=C\C/C=C\CCCCCCCCCCCCCCCCCCCC(=O)NC(CO)C(O)/C=C/CCCCCCCCCCCCCCCCCCCCC. The molecule has 0 aromatic carbocycles. The zero-order valence-corrected chi connectivity index (χ0v) is 61.3. The van der Waals surface area contributed by atoms with Gasteiger partial charge in [0.1, 0.15) is 0 Å². The van der Waals surface area contributed by atoms with Crippen molar-refractivity contribution < 1.29 is 24.5 Å². The highest BCUT2D eigenvalue weighted by molar-refractivity contribution is 5.76. The second kappa shape index (κ2) is 80.0. The molecule has 0 aromatic rings. The van der Waals surface area contributed by atoms with Gasteiger partial charge in [0, 0.05) is 12.8 Å². The van der Waals surface area contributed by atoms with E-state index in [2.05, 4.69) is 67.8 Å². The van der Waals surface area contributed by atoms with Crippen LogP contribution in [0.3, 0.4) is 0 Å². The first-order valence-electron chi connectivity index (χ1n) is 41.1. The van der Waals surface area contributed by atoms with Crippen molar-refractivity contribution in [3.63, 3.8) is 0 Å². The number of allylic oxidation sites excluding steroid dienone is 9. The Morgan fingerprint density at radius 2 is 0.549 bits per heavy atom. The minimum Gasteiger partial charge on any atom is -0.466 e. The van der Waals surface area contributed by atoms with Gasteiger partial charge in [-0.05, 0) is 96.3 Å². The topological polar surface area (TPSA) is 95.9 Å². The molecule has 0 aliphatic carbocycles. The molecule has 0 saturated carbocycles. The minimum absolute atomic E-state index is 0.00953. The lowest BCUT2D eigenvalue weighted by molar-refractivity contribution is -0.143. The standard InChI is InChI=1S/C85H159NO5/c1-3-5-7-9-11-13-15-17-19-21-23-39-42-45-49-53-57-61-65-69-73-77-83(88)82(81-87)86-84(89)78-74-70-66-62-58-54-50-46-43-40-37-35-33-31-29-27-25-24-26-28-30-32-34-36-38-41-44-48-52-56-60-64-68-72-76-80-91-85(90)79-75-71-67-63-59-55-51-47-22-20-18-16-14-12-10-8-6-4-2/h14,16,20,22,26,28,32,34,73,77,82-83,87-88H,3-13,15,17-19,21,23-25,27,29-31,33,35-72,74-76,78-81H2,1-2H3,(H,86,89)/b16-14-,22-20-,28-26-,34-32-,77-73+. The second-order valence-electron chi connectivity index (χ2n) is 28.1. The molecule has 91 heavy (non-hydrogen) atoms. The third kappa shape index (κ3) is 76.5. The Hall–Kier alpha value is -2.44. The molecule has 0 bridgehead atoms. The summed E-state index contributed by atoms with van der Waals surface area (Å²) in [5, 5.41) is 23.3. The molecule has 0 aromatic heterocycles. The van der Waals surface area contributed by atoms with Gasteiger partial charge in [-0.15, -0.1) is 0 Å². The van der Waals surface area contributed by atoms with E-state index in [1.807, 2.05) is 6.08 Å². The first-order chi connectivity index (χ1) is 45.0. The maximum absolute atomic E-state index is 12.5. The van der Waals surface area contributed by atoms with Gasteiger partial charge in [0.25, 0.3) is 0 Å². The molecule has 0 rings (SSSR count). The first-order valence-corrected chi connectivity index (χ1v) is 41.1. The lowest BCUT2D eigenvalue weighted by atomic mass is 10.0. The second-order valence-corrected chi connectivity index (χ2v) is 28.1. The van der Waals surface area contributed by atoms with Crippen molar-refractivity contribution in [1.29, 1.82) is 0 Å². The highest BCUT2D eigenvalue weighted by Gasteiger charge is 2.18. The Kier molecular flexibility index (Phi) is 77.9. The summed E-state index contributed by atoms with van der Waals surface area (Å²) < 4.78 is 5.51. The summed E-state index contributed by atoms with van der Waals surface area (Å²) in [6.07, 6.45) is 108. The van der Waals surface area contributed by atoms with Crippen LogP contribution in [0.1, 0.15) is 444 Å². The van der Waals surface area contributed by atoms with Crippen LogP contribution in [0.15, 0.2) is 60.8 Å². The first kappa shape index (κ1) is 88.6. The molecule has 6 nitrogen and oxygen atoms in total. The van der Waals surface area contributed by atoms with Crippen LogP contribution in [0, 0.1) is 0 Å². The molecule has 0 saturated heterocycles. The van der Waals surface area contributed by atoms with Gasteiger partial charge < -0.3 is 20.3 Å². The Morgan fingerprint density at radius 1 is 0.308 bits per heavy atom. The number of aliphatic hydroxyl groups is 2. The fourth-order valence-electron chi connectivity index (χ4n) is 12.8. The van der Waals surface area contributed by atoms with Crippen LogP contribution >= 0.6 is 0 Å². The van der Waals surface area contributed by atoms with Crippen LogP contribution in [0.5, 0.6) is 0 Å². The number of carbonyl (C=O) groups excluding carboxylic acids is 2. The van der Waals surface area contributed by atoms with Crippen molar-refractivity contribution >= 4 is 11.9 Å². The molecular formula is C85H159NO5. The number of rotatable bonds is 77. The largest absolute Gasteiger partial charge is 0.466 e.